The number of nitrogens with one attached hydrogen (secondary N) is 1. The summed E-state index contributed by atoms with van der Waals surface area (Å²) in [6.45, 7) is 0.412. The molecule has 2 N–H and O–H groups in total. The van der Waals surface area contributed by atoms with Gasteiger partial charge < -0.3 is 10.4 Å². The van der Waals surface area contributed by atoms with Gasteiger partial charge in [-0.3, -0.25) is 19.3 Å². The summed E-state index contributed by atoms with van der Waals surface area (Å²) >= 11 is 0. The van der Waals surface area contributed by atoms with Gasteiger partial charge in [0.2, 0.25) is 5.91 Å². The van der Waals surface area contributed by atoms with E-state index in [1.54, 1.807) is 12.1 Å². The van der Waals surface area contributed by atoms with Crippen LogP contribution in [0, 0.1) is 11.8 Å². The van der Waals surface area contributed by atoms with E-state index in [9.17, 15) is 19.2 Å². The van der Waals surface area contributed by atoms with Crippen molar-refractivity contribution in [3.8, 4) is 0 Å². The molecule has 7 nitrogen and oxygen atoms in total. The van der Waals surface area contributed by atoms with Gasteiger partial charge in [0, 0.05) is 30.3 Å². The van der Waals surface area contributed by atoms with Crippen LogP contribution in [0.3, 0.4) is 0 Å². The van der Waals surface area contributed by atoms with Crippen LogP contribution < -0.4 is 5.32 Å². The number of rotatable bonds is 5. The quantitative estimate of drug-likeness (QED) is 0.786. The number of aromatic carboxylic acids is 1. The molecule has 0 spiro atoms. The summed E-state index contributed by atoms with van der Waals surface area (Å²) < 4.78 is 0. The van der Waals surface area contributed by atoms with Crippen molar-refractivity contribution >= 4 is 29.4 Å². The topological polar surface area (TPSA) is 104 Å². The van der Waals surface area contributed by atoms with Crippen molar-refractivity contribution in [1.29, 1.82) is 0 Å². The van der Waals surface area contributed by atoms with Crippen LogP contribution in [0.2, 0.25) is 0 Å². The highest BCUT2D eigenvalue weighted by atomic mass is 16.4. The molecule has 0 bridgehead atoms. The Morgan fingerprint density at radius 3 is 2.12 bits per heavy atom. The normalized spacial score (nSPS) is 22.5. The van der Waals surface area contributed by atoms with E-state index >= 15 is 0 Å². The molecular weight excluding hydrogens is 336 g/mol. The predicted molar refractivity (Wildman–Crippen MR) is 93.3 cm³/mol. The van der Waals surface area contributed by atoms with Crippen LogP contribution in [0.25, 0.3) is 0 Å². The van der Waals surface area contributed by atoms with Crippen molar-refractivity contribution in [3.63, 3.8) is 0 Å². The Morgan fingerprint density at radius 1 is 1.00 bits per heavy atom. The SMILES string of the molecule is O=C(O)c1ccc(NC(=O)C2CCC(CN3C(=O)C=CC3=O)CC2)cc1. The van der Waals surface area contributed by atoms with Crippen molar-refractivity contribution in [1.82, 2.24) is 4.90 Å². The number of carboxylic acids is 1. The third-order valence-electron chi connectivity index (χ3n) is 4.96. The first-order valence-corrected chi connectivity index (χ1v) is 8.62. The highest BCUT2D eigenvalue weighted by Crippen LogP contribution is 2.30. The summed E-state index contributed by atoms with van der Waals surface area (Å²) in [6, 6.07) is 6.05. The molecule has 3 amide bonds. The molecule has 1 aromatic rings. The van der Waals surface area contributed by atoms with E-state index in [0.29, 0.717) is 25.1 Å². The molecule has 1 aromatic carbocycles. The largest absolute Gasteiger partial charge is 0.478 e. The zero-order valence-corrected chi connectivity index (χ0v) is 14.2. The van der Waals surface area contributed by atoms with Crippen molar-refractivity contribution in [2.24, 2.45) is 11.8 Å². The first kappa shape index (κ1) is 17.8. The zero-order valence-electron chi connectivity index (χ0n) is 14.2. The monoisotopic (exact) mass is 356 g/mol. The molecule has 0 saturated heterocycles. The van der Waals surface area contributed by atoms with Crippen LogP contribution in [0.4, 0.5) is 5.69 Å². The van der Waals surface area contributed by atoms with Gasteiger partial charge in [0.05, 0.1) is 5.56 Å². The van der Waals surface area contributed by atoms with E-state index in [1.165, 1.54) is 29.2 Å². The summed E-state index contributed by atoms with van der Waals surface area (Å²) in [4.78, 5) is 47.7. The van der Waals surface area contributed by atoms with E-state index < -0.39 is 5.97 Å². The van der Waals surface area contributed by atoms with Gasteiger partial charge in [0.25, 0.3) is 11.8 Å². The molecule has 0 aromatic heterocycles. The summed E-state index contributed by atoms with van der Waals surface area (Å²) in [5, 5.41) is 11.7. The Labute approximate surface area is 150 Å². The molecule has 1 fully saturated rings. The van der Waals surface area contributed by atoms with Gasteiger partial charge >= 0.3 is 5.97 Å². The number of carbonyl (C=O) groups is 4. The van der Waals surface area contributed by atoms with Crippen LogP contribution in [0.15, 0.2) is 36.4 Å². The van der Waals surface area contributed by atoms with Crippen LogP contribution in [-0.4, -0.2) is 40.2 Å². The fourth-order valence-electron chi connectivity index (χ4n) is 3.42. The first-order valence-electron chi connectivity index (χ1n) is 8.62. The molecule has 0 radical (unpaired) electrons. The minimum Gasteiger partial charge on any atom is -0.478 e. The second-order valence-electron chi connectivity index (χ2n) is 6.71. The lowest BCUT2D eigenvalue weighted by molar-refractivity contribution is -0.138. The standard InChI is InChI=1S/C19H20N2O5/c22-16-9-10-17(23)21(16)11-12-1-3-13(4-2-12)18(24)20-15-7-5-14(6-8-15)19(25)26/h5-10,12-13H,1-4,11H2,(H,20,24)(H,25,26). The Bertz CT molecular complexity index is 743. The van der Waals surface area contributed by atoms with Gasteiger partial charge in [-0.25, -0.2) is 4.79 Å². The number of benzene rings is 1. The number of imide groups is 1. The molecule has 7 heteroatoms. The molecule has 0 unspecified atom stereocenters. The van der Waals surface area contributed by atoms with Gasteiger partial charge in [-0.1, -0.05) is 0 Å². The maximum absolute atomic E-state index is 12.4. The van der Waals surface area contributed by atoms with E-state index in [0.717, 1.165) is 12.8 Å². The van der Waals surface area contributed by atoms with Crippen molar-refractivity contribution in [2.45, 2.75) is 25.7 Å². The first-order chi connectivity index (χ1) is 12.4. The van der Waals surface area contributed by atoms with Crippen molar-refractivity contribution in [2.75, 3.05) is 11.9 Å². The average Bonchev–Trinajstić information content (AvgIpc) is 2.94. The Balaban J connectivity index is 1.48. The van der Waals surface area contributed by atoms with Crippen LogP contribution in [0.1, 0.15) is 36.0 Å². The highest BCUT2D eigenvalue weighted by Gasteiger charge is 2.31. The third kappa shape index (κ3) is 3.99. The van der Waals surface area contributed by atoms with E-state index in [-0.39, 0.29) is 35.1 Å². The number of hydrogen-bond acceptors (Lipinski definition) is 4. The van der Waals surface area contributed by atoms with Gasteiger partial charge in [-0.15, -0.1) is 0 Å². The predicted octanol–water partition coefficient (Wildman–Crippen LogP) is 2.05. The number of nitrogens with zero attached hydrogens (tertiary/aromatic N) is 1. The lowest BCUT2D eigenvalue weighted by Gasteiger charge is -2.30. The molecule has 1 heterocycles. The molecule has 0 atom stereocenters. The summed E-state index contributed by atoms with van der Waals surface area (Å²) in [7, 11) is 0. The smallest absolute Gasteiger partial charge is 0.335 e. The van der Waals surface area contributed by atoms with Crippen molar-refractivity contribution in [3.05, 3.63) is 42.0 Å². The van der Waals surface area contributed by atoms with Gasteiger partial charge in [0.15, 0.2) is 0 Å². The van der Waals surface area contributed by atoms with Gasteiger partial charge in [-0.2, -0.15) is 0 Å². The molecule has 1 saturated carbocycles. The average molecular weight is 356 g/mol. The van der Waals surface area contributed by atoms with Crippen LogP contribution >= 0.6 is 0 Å². The second kappa shape index (κ2) is 7.51. The minimum atomic E-state index is -1.01. The maximum Gasteiger partial charge on any atom is 0.335 e. The Hall–Kier alpha value is -2.96. The summed E-state index contributed by atoms with van der Waals surface area (Å²) in [5.41, 5.74) is 0.741. The van der Waals surface area contributed by atoms with E-state index in [2.05, 4.69) is 5.32 Å². The molecular formula is C19H20N2O5. The number of amides is 3. The molecule has 1 aliphatic heterocycles. The number of carbonyl (C=O) groups excluding carboxylic acids is 3. The summed E-state index contributed by atoms with van der Waals surface area (Å²) in [6.07, 6.45) is 5.55. The lowest BCUT2D eigenvalue weighted by Crippen LogP contribution is -2.37. The Kier molecular flexibility index (Phi) is 5.16. The summed E-state index contributed by atoms with van der Waals surface area (Å²) in [5.74, 6) is -1.51. The second-order valence-corrected chi connectivity index (χ2v) is 6.71. The highest BCUT2D eigenvalue weighted by molar-refractivity contribution is 6.12. The lowest BCUT2D eigenvalue weighted by atomic mass is 9.81. The van der Waals surface area contributed by atoms with E-state index in [1.807, 2.05) is 0 Å². The fourth-order valence-corrected chi connectivity index (χ4v) is 3.42. The Morgan fingerprint density at radius 2 is 1.58 bits per heavy atom. The third-order valence-corrected chi connectivity index (χ3v) is 4.96. The number of hydrogen-bond donors (Lipinski definition) is 2. The fraction of sp³-hybridized carbons (Fsp3) is 0.368. The van der Waals surface area contributed by atoms with Crippen LogP contribution in [-0.2, 0) is 14.4 Å². The number of carboxylic acid groups (broad SMARTS) is 1. The van der Waals surface area contributed by atoms with Gasteiger partial charge in [-0.05, 0) is 55.9 Å². The zero-order chi connectivity index (χ0) is 18.7. The van der Waals surface area contributed by atoms with Crippen LogP contribution in [0.5, 0.6) is 0 Å². The molecule has 2 aliphatic rings. The number of anilines is 1. The molecule has 3 rings (SSSR count). The van der Waals surface area contributed by atoms with Crippen molar-refractivity contribution < 1.29 is 24.3 Å². The van der Waals surface area contributed by atoms with Gasteiger partial charge in [0.1, 0.15) is 0 Å². The molecule has 136 valence electrons. The molecule has 1 aliphatic carbocycles. The van der Waals surface area contributed by atoms with E-state index in [4.69, 9.17) is 5.11 Å². The minimum absolute atomic E-state index is 0.0819. The molecule has 26 heavy (non-hydrogen) atoms. The maximum atomic E-state index is 12.4.